The minimum atomic E-state index is -1.84. The van der Waals surface area contributed by atoms with Gasteiger partial charge in [0.15, 0.2) is 12.0 Å². The lowest BCUT2D eigenvalue weighted by Gasteiger charge is -2.34. The monoisotopic (exact) mass is 643 g/mol. The van der Waals surface area contributed by atoms with E-state index < -0.39 is 54.1 Å². The topological polar surface area (TPSA) is 161 Å². The average molecular weight is 644 g/mol. The number of nitrogens with zero attached hydrogens (tertiary/aromatic N) is 1. The van der Waals surface area contributed by atoms with Gasteiger partial charge in [0.2, 0.25) is 0 Å². The number of rotatable bonds is 7. The fraction of sp³-hybridized carbons (Fsp3) is 0.629. The van der Waals surface area contributed by atoms with Crippen molar-refractivity contribution < 1.29 is 48.3 Å². The summed E-state index contributed by atoms with van der Waals surface area (Å²) in [6.45, 7) is 11.2. The molecule has 2 saturated heterocycles. The molecule has 2 unspecified atom stereocenters. The van der Waals surface area contributed by atoms with Gasteiger partial charge in [-0.1, -0.05) is 44.2 Å². The highest BCUT2D eigenvalue weighted by atomic mass is 16.6. The summed E-state index contributed by atoms with van der Waals surface area (Å²) in [6.07, 6.45) is 7.08. The second-order valence-electron chi connectivity index (χ2n) is 13.2. The van der Waals surface area contributed by atoms with E-state index in [-0.39, 0.29) is 43.2 Å². The Bertz CT molecular complexity index is 1350. The molecule has 11 atom stereocenters. The number of ether oxygens (including phenoxy) is 4. The lowest BCUT2D eigenvalue weighted by molar-refractivity contribution is -0.173. The van der Waals surface area contributed by atoms with E-state index in [1.54, 1.807) is 27.2 Å². The number of aliphatic hydroxyl groups is 3. The first-order valence-corrected chi connectivity index (χ1v) is 16.0. The lowest BCUT2D eigenvalue weighted by atomic mass is 9.84. The van der Waals surface area contributed by atoms with Crippen LogP contribution in [0.4, 0.5) is 0 Å². The van der Waals surface area contributed by atoms with Crippen LogP contribution in [0.3, 0.4) is 0 Å². The van der Waals surface area contributed by atoms with Gasteiger partial charge in [0, 0.05) is 38.7 Å². The van der Waals surface area contributed by atoms with Crippen molar-refractivity contribution in [1.29, 1.82) is 0 Å². The third-order valence-electron chi connectivity index (χ3n) is 9.43. The number of methoxy groups -OCH3 is 1. The summed E-state index contributed by atoms with van der Waals surface area (Å²) in [7, 11) is 1.56. The number of hydrogen-bond donors (Lipinski definition) is 3. The summed E-state index contributed by atoms with van der Waals surface area (Å²) < 4.78 is 28.4. The van der Waals surface area contributed by atoms with Crippen LogP contribution in [0, 0.1) is 24.7 Å². The number of epoxide rings is 1. The van der Waals surface area contributed by atoms with Crippen molar-refractivity contribution in [3.8, 4) is 0 Å². The second kappa shape index (κ2) is 15.2. The number of aryl methyl sites for hydroxylation is 1. The third kappa shape index (κ3) is 8.83. The minimum Gasteiger partial charge on any atom is -0.462 e. The van der Waals surface area contributed by atoms with Gasteiger partial charge < -0.3 is 38.7 Å². The smallest absolute Gasteiger partial charge is 0.337 e. The Kier molecular flexibility index (Phi) is 11.8. The summed E-state index contributed by atoms with van der Waals surface area (Å²) in [5.74, 6) is -1.68. The van der Waals surface area contributed by atoms with Gasteiger partial charge in [-0.3, -0.25) is 4.79 Å². The van der Waals surface area contributed by atoms with Crippen LogP contribution in [-0.2, 0) is 28.5 Å². The quantitative estimate of drug-likeness (QED) is 0.170. The molecule has 0 radical (unpaired) electrons. The van der Waals surface area contributed by atoms with E-state index in [1.807, 2.05) is 64.2 Å². The molecule has 3 N–H and O–H groups in total. The molecule has 4 rings (SSSR count). The van der Waals surface area contributed by atoms with E-state index in [4.69, 9.17) is 23.4 Å². The predicted octanol–water partition coefficient (Wildman–Crippen LogP) is 4.00. The van der Waals surface area contributed by atoms with Crippen LogP contribution >= 0.6 is 0 Å². The molecule has 1 aromatic heterocycles. The van der Waals surface area contributed by atoms with Gasteiger partial charge in [0.05, 0.1) is 18.3 Å². The molecule has 11 nitrogen and oxygen atoms in total. The van der Waals surface area contributed by atoms with Crippen molar-refractivity contribution in [3.63, 3.8) is 0 Å². The van der Waals surface area contributed by atoms with Gasteiger partial charge in [0.25, 0.3) is 0 Å². The van der Waals surface area contributed by atoms with Crippen LogP contribution < -0.4 is 0 Å². The number of cyclic esters (lactones) is 1. The molecule has 0 amide bonds. The molecule has 2 bridgehead atoms. The van der Waals surface area contributed by atoms with Crippen LogP contribution in [0.25, 0.3) is 6.08 Å². The first kappa shape index (κ1) is 35.8. The van der Waals surface area contributed by atoms with Gasteiger partial charge in [-0.25, -0.2) is 9.78 Å². The number of allylic oxidation sites excluding steroid dienone is 4. The maximum absolute atomic E-state index is 13.2. The molecule has 4 heterocycles. The highest BCUT2D eigenvalue weighted by molar-refractivity contribution is 5.75. The number of aromatic nitrogens is 1. The van der Waals surface area contributed by atoms with E-state index >= 15 is 0 Å². The van der Waals surface area contributed by atoms with Crippen molar-refractivity contribution in [2.45, 2.75) is 116 Å². The largest absolute Gasteiger partial charge is 0.462 e. The Labute approximate surface area is 271 Å². The summed E-state index contributed by atoms with van der Waals surface area (Å²) >= 11 is 0. The predicted molar refractivity (Wildman–Crippen MR) is 169 cm³/mol. The molecule has 0 saturated carbocycles. The van der Waals surface area contributed by atoms with E-state index in [2.05, 4.69) is 4.98 Å². The Balaban J connectivity index is 1.55. The van der Waals surface area contributed by atoms with Crippen LogP contribution in [0.2, 0.25) is 0 Å². The molecule has 0 aromatic carbocycles. The number of carbonyl (C=O) groups excluding carboxylic acids is 2. The van der Waals surface area contributed by atoms with E-state index in [0.717, 1.165) is 16.8 Å². The lowest BCUT2D eigenvalue weighted by Crippen LogP contribution is -2.45. The van der Waals surface area contributed by atoms with E-state index in [9.17, 15) is 24.9 Å². The summed E-state index contributed by atoms with van der Waals surface area (Å²) in [5.41, 5.74) is 1.60. The Morgan fingerprint density at radius 3 is 2.54 bits per heavy atom. The van der Waals surface area contributed by atoms with Crippen molar-refractivity contribution in [2.24, 2.45) is 17.8 Å². The molecule has 0 spiro atoms. The minimum absolute atomic E-state index is 0.0108. The number of fused-ring (bicyclic) bond motifs is 3. The highest BCUT2D eigenvalue weighted by Gasteiger charge is 2.57. The Morgan fingerprint density at radius 2 is 1.87 bits per heavy atom. The molecular weight excluding hydrogens is 594 g/mol. The number of oxazole rings is 1. The summed E-state index contributed by atoms with van der Waals surface area (Å²) in [4.78, 5) is 29.9. The number of hydrogen-bond acceptors (Lipinski definition) is 11. The van der Waals surface area contributed by atoms with E-state index in [1.165, 1.54) is 0 Å². The number of carbonyl (C=O) groups is 2. The first-order chi connectivity index (χ1) is 21.7. The van der Waals surface area contributed by atoms with Crippen molar-refractivity contribution in [1.82, 2.24) is 4.98 Å². The molecule has 3 aliphatic rings. The maximum atomic E-state index is 13.2. The van der Waals surface area contributed by atoms with Gasteiger partial charge in [-0.2, -0.15) is 0 Å². The highest BCUT2D eigenvalue weighted by Crippen LogP contribution is 2.43. The van der Waals surface area contributed by atoms with Crippen molar-refractivity contribution in [3.05, 3.63) is 59.4 Å². The molecule has 0 aliphatic carbocycles. The van der Waals surface area contributed by atoms with E-state index in [0.29, 0.717) is 12.3 Å². The normalized spacial score (nSPS) is 36.8. The van der Waals surface area contributed by atoms with Crippen LogP contribution in [-0.4, -0.2) is 87.7 Å². The average Bonchev–Trinajstić information content (AvgIpc) is 3.50. The molecule has 1 aromatic rings. The number of esters is 2. The molecular formula is C35H49NO10. The van der Waals surface area contributed by atoms with Gasteiger partial charge in [-0.15, -0.1) is 0 Å². The zero-order valence-corrected chi connectivity index (χ0v) is 27.8. The molecule has 2 fully saturated rings. The van der Waals surface area contributed by atoms with Gasteiger partial charge >= 0.3 is 11.9 Å². The van der Waals surface area contributed by atoms with Gasteiger partial charge in [-0.05, 0) is 56.8 Å². The summed E-state index contributed by atoms with van der Waals surface area (Å²) in [5, 5.41) is 33.0. The van der Waals surface area contributed by atoms with Crippen molar-refractivity contribution >= 4 is 18.0 Å². The van der Waals surface area contributed by atoms with Crippen LogP contribution in [0.5, 0.6) is 0 Å². The Morgan fingerprint density at radius 1 is 1.13 bits per heavy atom. The SMILES string of the molecule is CO[C@@H](/C(C)=C/C=C/C(C)=C/c1coc(C)n1)[C@@H](C)C1C[C@H](O)C2(C)O[C@@H]2/C=C/[C@@H](C)[C@H]2C[C@H](CC(=O)O2)C[C@@H](O)[C@@H](O)C(=O)O1. The first-order valence-electron chi connectivity index (χ1n) is 16.0. The molecule has 46 heavy (non-hydrogen) atoms. The third-order valence-corrected chi connectivity index (χ3v) is 9.43. The van der Waals surface area contributed by atoms with Crippen molar-refractivity contribution in [2.75, 3.05) is 7.11 Å². The Hall–Kier alpha value is -3.09. The zero-order valence-electron chi connectivity index (χ0n) is 27.8. The maximum Gasteiger partial charge on any atom is 0.337 e. The van der Waals surface area contributed by atoms with Gasteiger partial charge in [0.1, 0.15) is 35.9 Å². The van der Waals surface area contributed by atoms with Crippen LogP contribution in [0.15, 0.2) is 52.2 Å². The summed E-state index contributed by atoms with van der Waals surface area (Å²) in [6, 6.07) is 0. The number of aliphatic hydroxyl groups excluding tert-OH is 3. The second-order valence-corrected chi connectivity index (χ2v) is 13.2. The molecule has 11 heteroatoms. The standard InChI is InChI=1S/C35H49NO10/c1-19(13-25-18-43-23(5)36-25)9-8-10-21(3)33(42-7)22(4)28-17-29(38)35(6)30(46-35)12-11-20(2)27-15-24(16-31(39)44-27)14-26(37)32(40)34(41)45-28/h8-13,18,20,22,24,26-30,32-33,37-38,40H,14-17H2,1-7H3/b9-8+,12-11+,19-13+,21-10+/t20-,22+,24-,26-,27-,28?,29+,30-,32-,33+,35?/m1/s1. The molecule has 3 aliphatic heterocycles. The van der Waals surface area contributed by atoms with Crippen LogP contribution in [0.1, 0.15) is 71.9 Å². The fourth-order valence-electron chi connectivity index (χ4n) is 6.41. The zero-order chi connectivity index (χ0) is 33.8. The fourth-order valence-corrected chi connectivity index (χ4v) is 6.41. The molecule has 254 valence electrons.